The van der Waals surface area contributed by atoms with Crippen LogP contribution in [0.4, 0.5) is 5.69 Å². The summed E-state index contributed by atoms with van der Waals surface area (Å²) < 4.78 is 0. The third-order valence-corrected chi connectivity index (χ3v) is 3.11. The molecule has 0 unspecified atom stereocenters. The second-order valence-electron chi connectivity index (χ2n) is 5.09. The highest BCUT2D eigenvalue weighted by molar-refractivity contribution is 5.97. The summed E-state index contributed by atoms with van der Waals surface area (Å²) >= 11 is 0. The molecule has 1 atom stereocenters. The highest BCUT2D eigenvalue weighted by Gasteiger charge is 2.24. The monoisotopic (exact) mass is 278 g/mol. The first-order valence-electron chi connectivity index (χ1n) is 6.77. The van der Waals surface area contributed by atoms with Gasteiger partial charge in [-0.05, 0) is 24.5 Å². The fourth-order valence-electron chi connectivity index (χ4n) is 1.83. The van der Waals surface area contributed by atoms with Crippen LogP contribution >= 0.6 is 0 Å². The zero-order valence-corrected chi connectivity index (χ0v) is 12.0. The summed E-state index contributed by atoms with van der Waals surface area (Å²) in [5, 5.41) is 8.70. The zero-order valence-electron chi connectivity index (χ0n) is 12.0. The van der Waals surface area contributed by atoms with Gasteiger partial charge in [0.15, 0.2) is 0 Å². The Bertz CT molecular complexity index is 446. The summed E-state index contributed by atoms with van der Waals surface area (Å²) in [4.78, 5) is 24.6. The van der Waals surface area contributed by atoms with Crippen LogP contribution in [0, 0.1) is 5.92 Å². The van der Waals surface area contributed by atoms with Gasteiger partial charge in [0, 0.05) is 18.7 Å². The first-order chi connectivity index (χ1) is 9.43. The molecule has 0 bridgehead atoms. The quantitative estimate of drug-likeness (QED) is 0.797. The Morgan fingerprint density at radius 3 is 2.35 bits per heavy atom. The van der Waals surface area contributed by atoms with Gasteiger partial charge in [-0.25, -0.2) is 0 Å². The number of carbonyl (C=O) groups is 2. The van der Waals surface area contributed by atoms with Gasteiger partial charge < -0.3 is 15.7 Å². The van der Waals surface area contributed by atoms with E-state index in [1.54, 1.807) is 4.90 Å². The van der Waals surface area contributed by atoms with E-state index in [4.69, 9.17) is 10.8 Å². The molecule has 0 aliphatic heterocycles. The van der Waals surface area contributed by atoms with Crippen LogP contribution in [0.15, 0.2) is 30.3 Å². The van der Waals surface area contributed by atoms with Gasteiger partial charge in [0.25, 0.3) is 0 Å². The number of anilines is 1. The molecule has 5 nitrogen and oxygen atoms in total. The van der Waals surface area contributed by atoms with Crippen LogP contribution in [0.25, 0.3) is 0 Å². The molecule has 0 saturated carbocycles. The molecule has 0 radical (unpaired) electrons. The number of para-hydroxylation sites is 1. The molecule has 5 heteroatoms. The largest absolute Gasteiger partial charge is 0.481 e. The van der Waals surface area contributed by atoms with E-state index < -0.39 is 12.0 Å². The normalized spacial score (nSPS) is 12.2. The lowest BCUT2D eigenvalue weighted by Crippen LogP contribution is -2.47. The summed E-state index contributed by atoms with van der Waals surface area (Å²) in [6.45, 7) is 4.14. The highest BCUT2D eigenvalue weighted by atomic mass is 16.4. The van der Waals surface area contributed by atoms with Crippen molar-refractivity contribution in [1.82, 2.24) is 0 Å². The predicted octanol–water partition coefficient (Wildman–Crippen LogP) is 1.87. The number of aliphatic carboxylic acids is 1. The maximum Gasteiger partial charge on any atom is 0.303 e. The molecule has 1 aromatic rings. The van der Waals surface area contributed by atoms with Crippen molar-refractivity contribution in [3.8, 4) is 0 Å². The molecule has 0 spiro atoms. The van der Waals surface area contributed by atoms with E-state index in [0.29, 0.717) is 13.0 Å². The number of carboxylic acids is 1. The second kappa shape index (κ2) is 7.65. The van der Waals surface area contributed by atoms with Gasteiger partial charge in [0.2, 0.25) is 5.91 Å². The number of nitrogens with zero attached hydrogens (tertiary/aromatic N) is 1. The van der Waals surface area contributed by atoms with Crippen molar-refractivity contribution in [1.29, 1.82) is 0 Å². The van der Waals surface area contributed by atoms with Gasteiger partial charge in [-0.3, -0.25) is 9.59 Å². The Morgan fingerprint density at radius 1 is 1.25 bits per heavy atom. The van der Waals surface area contributed by atoms with E-state index >= 15 is 0 Å². The van der Waals surface area contributed by atoms with Crippen molar-refractivity contribution in [2.45, 2.75) is 32.7 Å². The predicted molar refractivity (Wildman–Crippen MR) is 78.5 cm³/mol. The summed E-state index contributed by atoms with van der Waals surface area (Å²) in [5.74, 6) is -0.997. The highest BCUT2D eigenvalue weighted by Crippen LogP contribution is 2.17. The van der Waals surface area contributed by atoms with E-state index in [9.17, 15) is 9.59 Å². The molecule has 0 heterocycles. The van der Waals surface area contributed by atoms with Gasteiger partial charge in [-0.1, -0.05) is 32.0 Å². The first kappa shape index (κ1) is 16.2. The Morgan fingerprint density at radius 2 is 1.85 bits per heavy atom. The molecule has 3 N–H and O–H groups in total. The molecule has 0 fully saturated rings. The van der Waals surface area contributed by atoms with E-state index in [0.717, 1.165) is 5.69 Å². The summed E-state index contributed by atoms with van der Waals surface area (Å²) in [6, 6.07) is 8.62. The third kappa shape index (κ3) is 4.66. The fraction of sp³-hybridized carbons (Fsp3) is 0.467. The molecule has 0 aromatic heterocycles. The van der Waals surface area contributed by atoms with Gasteiger partial charge in [-0.15, -0.1) is 0 Å². The van der Waals surface area contributed by atoms with Crippen LogP contribution in [0.2, 0.25) is 0 Å². The number of rotatable bonds is 7. The summed E-state index contributed by atoms with van der Waals surface area (Å²) in [5.41, 5.74) is 6.67. The van der Waals surface area contributed by atoms with Crippen LogP contribution < -0.4 is 10.6 Å². The van der Waals surface area contributed by atoms with Crippen molar-refractivity contribution >= 4 is 17.6 Å². The average Bonchev–Trinajstić information content (AvgIpc) is 2.42. The minimum atomic E-state index is -0.862. The van der Waals surface area contributed by atoms with E-state index in [1.807, 2.05) is 44.2 Å². The maximum atomic E-state index is 12.4. The molecule has 20 heavy (non-hydrogen) atoms. The van der Waals surface area contributed by atoms with Crippen LogP contribution in [0.3, 0.4) is 0 Å². The zero-order chi connectivity index (χ0) is 15.1. The first-order valence-corrected chi connectivity index (χ1v) is 6.77. The number of carbonyl (C=O) groups excluding carboxylic acids is 1. The second-order valence-corrected chi connectivity index (χ2v) is 5.09. The minimum absolute atomic E-state index is 0.0352. The maximum absolute atomic E-state index is 12.4. The Labute approximate surface area is 119 Å². The Kier molecular flexibility index (Phi) is 6.18. The lowest BCUT2D eigenvalue weighted by Gasteiger charge is -2.27. The molecule has 0 aliphatic rings. The van der Waals surface area contributed by atoms with Crippen molar-refractivity contribution in [2.75, 3.05) is 11.4 Å². The van der Waals surface area contributed by atoms with E-state index in [-0.39, 0.29) is 18.2 Å². The molecule has 110 valence electrons. The molecule has 1 aromatic carbocycles. The van der Waals surface area contributed by atoms with Gasteiger partial charge in [0.1, 0.15) is 0 Å². The Balaban J connectivity index is 2.84. The molecule has 1 amide bonds. The van der Waals surface area contributed by atoms with Crippen molar-refractivity contribution in [3.63, 3.8) is 0 Å². The number of hydrogen-bond acceptors (Lipinski definition) is 3. The number of amides is 1. The van der Waals surface area contributed by atoms with Gasteiger partial charge in [-0.2, -0.15) is 0 Å². The molecular weight excluding hydrogens is 256 g/mol. The number of hydrogen-bond donors (Lipinski definition) is 2. The molecule has 0 saturated heterocycles. The summed E-state index contributed by atoms with van der Waals surface area (Å²) in [7, 11) is 0. The van der Waals surface area contributed by atoms with Crippen LogP contribution in [0.1, 0.15) is 26.7 Å². The van der Waals surface area contributed by atoms with E-state index in [2.05, 4.69) is 0 Å². The fourth-order valence-corrected chi connectivity index (χ4v) is 1.83. The van der Waals surface area contributed by atoms with Crippen molar-refractivity contribution in [2.24, 2.45) is 11.7 Å². The smallest absolute Gasteiger partial charge is 0.303 e. The third-order valence-electron chi connectivity index (χ3n) is 3.11. The van der Waals surface area contributed by atoms with Crippen LogP contribution in [-0.4, -0.2) is 29.6 Å². The lowest BCUT2D eigenvalue weighted by atomic mass is 10.0. The molecular formula is C15H22N2O3. The molecule has 0 aliphatic carbocycles. The SMILES string of the molecule is CC(C)[C@H](N)C(=O)N(CCCC(=O)O)c1ccccc1. The minimum Gasteiger partial charge on any atom is -0.481 e. The van der Waals surface area contributed by atoms with Crippen LogP contribution in [-0.2, 0) is 9.59 Å². The lowest BCUT2D eigenvalue weighted by molar-refractivity contribution is -0.137. The Hall–Kier alpha value is -1.88. The van der Waals surface area contributed by atoms with Crippen molar-refractivity contribution < 1.29 is 14.7 Å². The number of carboxylic acid groups (broad SMARTS) is 1. The number of nitrogens with two attached hydrogens (primary N) is 1. The number of benzene rings is 1. The standard InChI is InChI=1S/C15H22N2O3/c1-11(2)14(16)15(20)17(10-6-9-13(18)19)12-7-4-3-5-8-12/h3-5,7-8,11,14H,6,9-10,16H2,1-2H3,(H,18,19)/t14-/m0/s1. The summed E-state index contributed by atoms with van der Waals surface area (Å²) in [6.07, 6.45) is 0.439. The van der Waals surface area contributed by atoms with Crippen LogP contribution in [0.5, 0.6) is 0 Å². The van der Waals surface area contributed by atoms with Gasteiger partial charge >= 0.3 is 5.97 Å². The van der Waals surface area contributed by atoms with E-state index in [1.165, 1.54) is 0 Å². The average molecular weight is 278 g/mol. The molecule has 1 rings (SSSR count). The van der Waals surface area contributed by atoms with Crippen molar-refractivity contribution in [3.05, 3.63) is 30.3 Å². The van der Waals surface area contributed by atoms with Gasteiger partial charge in [0.05, 0.1) is 6.04 Å². The topological polar surface area (TPSA) is 83.6 Å².